The van der Waals surface area contributed by atoms with Crippen LogP contribution >= 0.6 is 0 Å². The largest absolute Gasteiger partial charge is 0.462 e. The van der Waals surface area contributed by atoms with Gasteiger partial charge in [0.25, 0.3) is 0 Å². The number of hydrogen-bond donors (Lipinski definition) is 0. The summed E-state index contributed by atoms with van der Waals surface area (Å²) in [4.78, 5) is 37.5. The maximum atomic E-state index is 12.7. The molecular formula is C44H84O6. The van der Waals surface area contributed by atoms with Crippen LogP contribution in [0.5, 0.6) is 0 Å². The molecule has 296 valence electrons. The van der Waals surface area contributed by atoms with Crippen molar-refractivity contribution >= 4 is 17.9 Å². The molecule has 0 radical (unpaired) electrons. The molecule has 0 N–H and O–H groups in total. The first-order valence-electron chi connectivity index (χ1n) is 21.9. The maximum absolute atomic E-state index is 12.7. The van der Waals surface area contributed by atoms with Crippen LogP contribution in [0.3, 0.4) is 0 Å². The number of ether oxygens (including phenoxy) is 3. The molecule has 0 aromatic heterocycles. The van der Waals surface area contributed by atoms with Crippen molar-refractivity contribution < 1.29 is 28.6 Å². The zero-order valence-electron chi connectivity index (χ0n) is 33.9. The standard InChI is InChI=1S/C44H84O6/c1-5-8-10-12-14-15-16-17-18-19-20-21-23-29-33-37-44(47)50-41(38-48-42(45)35-31-27-22-13-11-9-6-2)39-49-43(46)36-32-28-25-24-26-30-34-40(4)7-3/h40-41H,5-39H2,1-4H3/t40?,41-/m1/s1. The van der Waals surface area contributed by atoms with Crippen LogP contribution in [-0.2, 0) is 28.6 Å². The molecule has 0 amide bonds. The lowest BCUT2D eigenvalue weighted by Gasteiger charge is -2.18. The predicted octanol–water partition coefficient (Wildman–Crippen LogP) is 13.6. The van der Waals surface area contributed by atoms with Gasteiger partial charge in [-0.05, 0) is 25.2 Å². The molecule has 0 spiro atoms. The van der Waals surface area contributed by atoms with E-state index in [0.717, 1.165) is 63.7 Å². The Morgan fingerprint density at radius 3 is 1.04 bits per heavy atom. The molecule has 0 bridgehead atoms. The number of hydrogen-bond acceptors (Lipinski definition) is 6. The minimum absolute atomic E-state index is 0.0656. The highest BCUT2D eigenvalue weighted by atomic mass is 16.6. The summed E-state index contributed by atoms with van der Waals surface area (Å²) in [5.74, 6) is -0.0512. The van der Waals surface area contributed by atoms with Gasteiger partial charge in [-0.15, -0.1) is 0 Å². The van der Waals surface area contributed by atoms with E-state index < -0.39 is 6.10 Å². The van der Waals surface area contributed by atoms with Crippen molar-refractivity contribution in [3.63, 3.8) is 0 Å². The van der Waals surface area contributed by atoms with Crippen LogP contribution < -0.4 is 0 Å². The fourth-order valence-corrected chi connectivity index (χ4v) is 6.42. The summed E-state index contributed by atoms with van der Waals surface area (Å²) in [5, 5.41) is 0. The van der Waals surface area contributed by atoms with Gasteiger partial charge in [0.1, 0.15) is 13.2 Å². The Balaban J connectivity index is 4.28. The van der Waals surface area contributed by atoms with Gasteiger partial charge in [0.15, 0.2) is 6.10 Å². The molecule has 0 saturated carbocycles. The van der Waals surface area contributed by atoms with Crippen LogP contribution in [0.4, 0.5) is 0 Å². The summed E-state index contributed by atoms with van der Waals surface area (Å²) in [6.07, 6.45) is 36.7. The van der Waals surface area contributed by atoms with E-state index in [4.69, 9.17) is 14.2 Å². The molecule has 1 unspecified atom stereocenters. The van der Waals surface area contributed by atoms with Crippen LogP contribution in [0, 0.1) is 5.92 Å². The van der Waals surface area contributed by atoms with E-state index in [1.54, 1.807) is 0 Å². The summed E-state index contributed by atoms with van der Waals surface area (Å²) in [7, 11) is 0. The Morgan fingerprint density at radius 1 is 0.400 bits per heavy atom. The number of carbonyl (C=O) groups excluding carboxylic acids is 3. The summed E-state index contributed by atoms with van der Waals surface area (Å²) < 4.78 is 16.6. The molecular weight excluding hydrogens is 624 g/mol. The van der Waals surface area contributed by atoms with Gasteiger partial charge >= 0.3 is 17.9 Å². The summed E-state index contributed by atoms with van der Waals surface area (Å²) in [6.45, 7) is 8.92. The van der Waals surface area contributed by atoms with Crippen molar-refractivity contribution in [2.24, 2.45) is 5.92 Å². The van der Waals surface area contributed by atoms with Gasteiger partial charge in [0.05, 0.1) is 0 Å². The second kappa shape index (κ2) is 38.6. The average molecular weight is 709 g/mol. The van der Waals surface area contributed by atoms with Crippen molar-refractivity contribution in [1.29, 1.82) is 0 Å². The van der Waals surface area contributed by atoms with Crippen molar-refractivity contribution in [2.45, 2.75) is 246 Å². The first-order valence-corrected chi connectivity index (χ1v) is 21.9. The third-order valence-corrected chi connectivity index (χ3v) is 10.2. The summed E-state index contributed by atoms with van der Waals surface area (Å²) in [5.41, 5.74) is 0. The lowest BCUT2D eigenvalue weighted by Crippen LogP contribution is -2.30. The normalized spacial score (nSPS) is 12.5. The fourth-order valence-electron chi connectivity index (χ4n) is 6.42. The first-order chi connectivity index (χ1) is 24.4. The topological polar surface area (TPSA) is 78.9 Å². The Morgan fingerprint density at radius 2 is 0.700 bits per heavy atom. The van der Waals surface area contributed by atoms with Gasteiger partial charge in [0, 0.05) is 19.3 Å². The quantitative estimate of drug-likeness (QED) is 0.0359. The Bertz CT molecular complexity index is 753. The van der Waals surface area contributed by atoms with E-state index in [1.807, 2.05) is 0 Å². The molecule has 0 aliphatic rings. The molecule has 0 heterocycles. The number of esters is 3. The van der Waals surface area contributed by atoms with Crippen molar-refractivity contribution in [2.75, 3.05) is 13.2 Å². The van der Waals surface area contributed by atoms with Gasteiger partial charge in [-0.2, -0.15) is 0 Å². The van der Waals surface area contributed by atoms with Gasteiger partial charge in [-0.25, -0.2) is 0 Å². The molecule has 0 fully saturated rings. The van der Waals surface area contributed by atoms with Crippen LogP contribution in [0.25, 0.3) is 0 Å². The van der Waals surface area contributed by atoms with E-state index in [9.17, 15) is 14.4 Å². The van der Waals surface area contributed by atoms with Gasteiger partial charge in [0.2, 0.25) is 0 Å². The van der Waals surface area contributed by atoms with Crippen molar-refractivity contribution in [3.05, 3.63) is 0 Å². The number of carbonyl (C=O) groups is 3. The van der Waals surface area contributed by atoms with E-state index in [1.165, 1.54) is 135 Å². The third kappa shape index (κ3) is 36.2. The second-order valence-corrected chi connectivity index (χ2v) is 15.2. The highest BCUT2D eigenvalue weighted by molar-refractivity contribution is 5.71. The van der Waals surface area contributed by atoms with Gasteiger partial charge in [-0.1, -0.05) is 201 Å². The molecule has 50 heavy (non-hydrogen) atoms. The number of rotatable bonds is 39. The molecule has 0 aromatic carbocycles. The average Bonchev–Trinajstić information content (AvgIpc) is 3.11. The highest BCUT2D eigenvalue weighted by Gasteiger charge is 2.19. The van der Waals surface area contributed by atoms with Crippen molar-refractivity contribution in [3.8, 4) is 0 Å². The zero-order chi connectivity index (χ0) is 36.8. The molecule has 0 aliphatic carbocycles. The van der Waals surface area contributed by atoms with Crippen LogP contribution in [-0.4, -0.2) is 37.2 Å². The minimum Gasteiger partial charge on any atom is -0.462 e. The van der Waals surface area contributed by atoms with E-state index >= 15 is 0 Å². The highest BCUT2D eigenvalue weighted by Crippen LogP contribution is 2.16. The van der Waals surface area contributed by atoms with Gasteiger partial charge in [-0.3, -0.25) is 14.4 Å². The maximum Gasteiger partial charge on any atom is 0.306 e. The lowest BCUT2D eigenvalue weighted by molar-refractivity contribution is -0.167. The summed E-state index contributed by atoms with van der Waals surface area (Å²) in [6, 6.07) is 0. The lowest BCUT2D eigenvalue weighted by atomic mass is 10.00. The predicted molar refractivity (Wildman–Crippen MR) is 210 cm³/mol. The smallest absolute Gasteiger partial charge is 0.306 e. The van der Waals surface area contributed by atoms with Crippen LogP contribution in [0.15, 0.2) is 0 Å². The molecule has 0 saturated heterocycles. The third-order valence-electron chi connectivity index (χ3n) is 10.2. The summed E-state index contributed by atoms with van der Waals surface area (Å²) >= 11 is 0. The molecule has 6 heteroatoms. The van der Waals surface area contributed by atoms with E-state index in [-0.39, 0.29) is 31.1 Å². The van der Waals surface area contributed by atoms with Gasteiger partial charge < -0.3 is 14.2 Å². The zero-order valence-corrected chi connectivity index (χ0v) is 33.9. The molecule has 0 aliphatic heterocycles. The number of unbranched alkanes of at least 4 members (excludes halogenated alkanes) is 25. The van der Waals surface area contributed by atoms with E-state index in [0.29, 0.717) is 19.3 Å². The van der Waals surface area contributed by atoms with Crippen molar-refractivity contribution in [1.82, 2.24) is 0 Å². The molecule has 0 rings (SSSR count). The monoisotopic (exact) mass is 709 g/mol. The van der Waals surface area contributed by atoms with Crippen LogP contribution in [0.2, 0.25) is 0 Å². The van der Waals surface area contributed by atoms with E-state index in [2.05, 4.69) is 27.7 Å². The minimum atomic E-state index is -0.758. The Labute approximate surface area is 310 Å². The Hall–Kier alpha value is -1.59. The van der Waals surface area contributed by atoms with Crippen LogP contribution in [0.1, 0.15) is 240 Å². The fraction of sp³-hybridized carbons (Fsp3) is 0.932. The molecule has 6 nitrogen and oxygen atoms in total. The molecule has 0 aromatic rings. The molecule has 2 atom stereocenters. The Kier molecular flexibility index (Phi) is 37.4. The second-order valence-electron chi connectivity index (χ2n) is 15.2. The first kappa shape index (κ1) is 48.4. The SMILES string of the molecule is CCCCCCCCCCCCCCCCCC(=O)O[C@H](COC(=O)CCCCCCCCC)COC(=O)CCCCCCCCC(C)CC.